The number of likely N-dealkylation sites (tertiary alicyclic amines) is 2. The minimum atomic E-state index is -1.61. The number of esters is 2. The summed E-state index contributed by atoms with van der Waals surface area (Å²) in [5.41, 5.74) is -3.21. The molecule has 2 saturated heterocycles. The van der Waals surface area contributed by atoms with Gasteiger partial charge in [-0.25, -0.2) is 4.79 Å². The van der Waals surface area contributed by atoms with Gasteiger partial charge < -0.3 is 19.3 Å². The standard InChI is InChI=1S/C27H46N4O7/c1-5-26(23(34)37-7-3,19-30-15-11-9-12-16-30)21(32)28-25(36)29-22(33)27(6-2,24(35)38-8-4)20-31-17-13-10-14-18-31/h5-20H2,1-4H3,(H2,28,29,32,33,36). The number of nitrogens with one attached hydrogen (secondary N) is 2. The molecule has 2 fully saturated rings. The molecule has 11 nitrogen and oxygen atoms in total. The number of amides is 4. The summed E-state index contributed by atoms with van der Waals surface area (Å²) in [4.78, 5) is 69.9. The molecule has 2 N–H and O–H groups in total. The van der Waals surface area contributed by atoms with Gasteiger partial charge in [0, 0.05) is 13.1 Å². The molecule has 216 valence electrons. The molecule has 0 aromatic carbocycles. The average molecular weight is 539 g/mol. The highest BCUT2D eigenvalue weighted by Gasteiger charge is 2.50. The van der Waals surface area contributed by atoms with Crippen molar-refractivity contribution in [3.8, 4) is 0 Å². The van der Waals surface area contributed by atoms with Crippen LogP contribution in [0.15, 0.2) is 0 Å². The van der Waals surface area contributed by atoms with Gasteiger partial charge in [-0.15, -0.1) is 0 Å². The Hall–Kier alpha value is -2.53. The topological polar surface area (TPSA) is 134 Å². The summed E-state index contributed by atoms with van der Waals surface area (Å²) in [7, 11) is 0. The number of hydrogen-bond acceptors (Lipinski definition) is 9. The molecule has 0 bridgehead atoms. The number of piperidine rings is 2. The maximum absolute atomic E-state index is 13.4. The van der Waals surface area contributed by atoms with Crippen LogP contribution in [0.1, 0.15) is 79.1 Å². The normalized spacial score (nSPS) is 19.9. The minimum Gasteiger partial charge on any atom is -0.465 e. The van der Waals surface area contributed by atoms with Crippen molar-refractivity contribution in [3.05, 3.63) is 0 Å². The quantitative estimate of drug-likeness (QED) is 0.283. The monoisotopic (exact) mass is 538 g/mol. The number of urea groups is 1. The number of rotatable bonds is 12. The van der Waals surface area contributed by atoms with Crippen molar-refractivity contribution in [2.75, 3.05) is 52.5 Å². The summed E-state index contributed by atoms with van der Waals surface area (Å²) in [5.74, 6) is -3.07. The smallest absolute Gasteiger partial charge is 0.328 e. The maximum Gasteiger partial charge on any atom is 0.328 e. The van der Waals surface area contributed by atoms with Gasteiger partial charge in [-0.3, -0.25) is 29.8 Å². The van der Waals surface area contributed by atoms with E-state index in [1.54, 1.807) is 27.7 Å². The molecule has 0 aromatic heterocycles. The highest BCUT2D eigenvalue weighted by Crippen LogP contribution is 2.29. The highest BCUT2D eigenvalue weighted by molar-refractivity contribution is 6.14. The van der Waals surface area contributed by atoms with Crippen LogP contribution < -0.4 is 10.6 Å². The largest absolute Gasteiger partial charge is 0.465 e. The lowest BCUT2D eigenvalue weighted by molar-refractivity contribution is -0.163. The molecule has 0 saturated carbocycles. The lowest BCUT2D eigenvalue weighted by Gasteiger charge is -2.37. The molecule has 2 unspecified atom stereocenters. The van der Waals surface area contributed by atoms with E-state index in [0.29, 0.717) is 0 Å². The first-order valence-electron chi connectivity index (χ1n) is 14.1. The Morgan fingerprint density at radius 3 is 1.24 bits per heavy atom. The fourth-order valence-electron chi connectivity index (χ4n) is 5.31. The fourth-order valence-corrected chi connectivity index (χ4v) is 5.31. The van der Waals surface area contributed by atoms with E-state index in [1.807, 2.05) is 9.80 Å². The van der Waals surface area contributed by atoms with Crippen LogP contribution in [-0.4, -0.2) is 92.1 Å². The van der Waals surface area contributed by atoms with Gasteiger partial charge >= 0.3 is 18.0 Å². The van der Waals surface area contributed by atoms with E-state index in [1.165, 1.54) is 0 Å². The second-order valence-electron chi connectivity index (χ2n) is 10.2. The SMILES string of the molecule is CCOC(=O)C(CC)(CN1CCCCC1)C(=O)NC(=O)NC(=O)C(CC)(CN1CCCCC1)C(=O)OCC. The minimum absolute atomic E-state index is 0.0909. The second-order valence-corrected chi connectivity index (χ2v) is 10.2. The third kappa shape index (κ3) is 7.75. The summed E-state index contributed by atoms with van der Waals surface area (Å²) in [6.45, 7) is 10.1. The van der Waals surface area contributed by atoms with E-state index in [2.05, 4.69) is 10.6 Å². The van der Waals surface area contributed by atoms with Crippen LogP contribution in [0.5, 0.6) is 0 Å². The lowest BCUT2D eigenvalue weighted by atomic mass is 9.82. The van der Waals surface area contributed by atoms with Crippen molar-refractivity contribution in [3.63, 3.8) is 0 Å². The Balaban J connectivity index is 2.21. The number of carbonyl (C=O) groups is 5. The van der Waals surface area contributed by atoms with E-state index >= 15 is 0 Å². The zero-order valence-corrected chi connectivity index (χ0v) is 23.6. The molecule has 2 rings (SSSR count). The molecule has 38 heavy (non-hydrogen) atoms. The third-order valence-electron chi connectivity index (χ3n) is 7.75. The van der Waals surface area contributed by atoms with Crippen molar-refractivity contribution in [1.82, 2.24) is 20.4 Å². The molecule has 2 aliphatic heterocycles. The van der Waals surface area contributed by atoms with E-state index in [4.69, 9.17) is 9.47 Å². The van der Waals surface area contributed by atoms with E-state index < -0.39 is 40.6 Å². The number of nitrogens with zero attached hydrogens (tertiary/aromatic N) is 2. The number of imide groups is 2. The molecule has 0 aromatic rings. The summed E-state index contributed by atoms with van der Waals surface area (Å²) < 4.78 is 10.5. The van der Waals surface area contributed by atoms with Gasteiger partial charge in [0.05, 0.1) is 13.2 Å². The second kappa shape index (κ2) is 15.2. The first kappa shape index (κ1) is 31.7. The first-order chi connectivity index (χ1) is 18.2. The summed E-state index contributed by atoms with van der Waals surface area (Å²) in [6, 6.07) is -1.08. The zero-order valence-electron chi connectivity index (χ0n) is 23.6. The van der Waals surface area contributed by atoms with Crippen LogP contribution in [-0.2, 0) is 28.7 Å². The molecular weight excluding hydrogens is 492 g/mol. The molecule has 2 atom stereocenters. The highest BCUT2D eigenvalue weighted by atomic mass is 16.5. The number of hydrogen-bond donors (Lipinski definition) is 2. The Kier molecular flexibility index (Phi) is 12.6. The number of carbonyl (C=O) groups excluding carboxylic acids is 5. The molecule has 0 aliphatic carbocycles. The zero-order chi connectivity index (χ0) is 28.2. The van der Waals surface area contributed by atoms with E-state index in [0.717, 1.165) is 64.7 Å². The predicted octanol–water partition coefficient (Wildman–Crippen LogP) is 2.23. The Morgan fingerprint density at radius 2 is 0.947 bits per heavy atom. The maximum atomic E-state index is 13.4. The summed E-state index contributed by atoms with van der Waals surface area (Å²) >= 11 is 0. The van der Waals surface area contributed by atoms with Crippen molar-refractivity contribution in [2.45, 2.75) is 79.1 Å². The van der Waals surface area contributed by atoms with Gasteiger partial charge in [0.2, 0.25) is 11.8 Å². The van der Waals surface area contributed by atoms with Gasteiger partial charge in [-0.05, 0) is 78.6 Å². The Bertz CT molecular complexity index is 773. The van der Waals surface area contributed by atoms with Gasteiger partial charge in [0.15, 0.2) is 10.8 Å². The number of ether oxygens (including phenoxy) is 2. The van der Waals surface area contributed by atoms with Gasteiger partial charge in [-0.1, -0.05) is 26.7 Å². The van der Waals surface area contributed by atoms with Gasteiger partial charge in [-0.2, -0.15) is 0 Å². The van der Waals surface area contributed by atoms with E-state index in [-0.39, 0.29) is 39.1 Å². The van der Waals surface area contributed by atoms with Crippen LogP contribution in [0.3, 0.4) is 0 Å². The van der Waals surface area contributed by atoms with Crippen molar-refractivity contribution in [2.24, 2.45) is 10.8 Å². The fraction of sp³-hybridized carbons (Fsp3) is 0.815. The van der Waals surface area contributed by atoms with Crippen molar-refractivity contribution in [1.29, 1.82) is 0 Å². The average Bonchev–Trinajstić information content (AvgIpc) is 2.91. The van der Waals surface area contributed by atoms with Crippen LogP contribution in [0.4, 0.5) is 4.79 Å². The summed E-state index contributed by atoms with van der Waals surface area (Å²) in [5, 5.41) is 4.40. The molecular formula is C27H46N4O7. The molecule has 2 heterocycles. The lowest BCUT2D eigenvalue weighted by Crippen LogP contribution is -2.60. The van der Waals surface area contributed by atoms with Crippen LogP contribution in [0.2, 0.25) is 0 Å². The van der Waals surface area contributed by atoms with Crippen LogP contribution >= 0.6 is 0 Å². The molecule has 2 aliphatic rings. The van der Waals surface area contributed by atoms with Crippen LogP contribution in [0.25, 0.3) is 0 Å². The molecule has 0 radical (unpaired) electrons. The van der Waals surface area contributed by atoms with Crippen LogP contribution in [0, 0.1) is 10.8 Å². The van der Waals surface area contributed by atoms with Crippen molar-refractivity contribution >= 4 is 29.8 Å². The predicted molar refractivity (Wildman–Crippen MR) is 141 cm³/mol. The molecule has 0 spiro atoms. The van der Waals surface area contributed by atoms with Gasteiger partial charge in [0.25, 0.3) is 0 Å². The van der Waals surface area contributed by atoms with E-state index in [9.17, 15) is 24.0 Å². The third-order valence-corrected chi connectivity index (χ3v) is 7.75. The van der Waals surface area contributed by atoms with Crippen molar-refractivity contribution < 1.29 is 33.4 Å². The summed E-state index contributed by atoms with van der Waals surface area (Å²) in [6.07, 6.45) is 6.25. The van der Waals surface area contributed by atoms with Gasteiger partial charge in [0.1, 0.15) is 0 Å². The molecule has 4 amide bonds. The molecule has 11 heteroatoms. The first-order valence-corrected chi connectivity index (χ1v) is 14.1. The Morgan fingerprint density at radius 1 is 0.605 bits per heavy atom. The Labute approximate surface area is 226 Å².